The summed E-state index contributed by atoms with van der Waals surface area (Å²) in [5.41, 5.74) is 10.4. The number of amidine groups is 1. The molecule has 214 valence electrons. The summed E-state index contributed by atoms with van der Waals surface area (Å²) in [4.78, 5) is 5.37. The zero-order chi connectivity index (χ0) is 29.5. The van der Waals surface area contributed by atoms with E-state index in [1.807, 2.05) is 6.07 Å². The van der Waals surface area contributed by atoms with Gasteiger partial charge in [-0.05, 0) is 73.1 Å². The van der Waals surface area contributed by atoms with Crippen LogP contribution in [-0.2, 0) is 0 Å². The van der Waals surface area contributed by atoms with Gasteiger partial charge < -0.3 is 15.1 Å². The topological polar surface area (TPSA) is 61.6 Å². The Morgan fingerprint density at radius 1 is 0.622 bits per heavy atom. The van der Waals surface area contributed by atoms with Crippen LogP contribution in [0.25, 0.3) is 60.8 Å². The van der Waals surface area contributed by atoms with Crippen molar-refractivity contribution in [2.45, 2.75) is 12.3 Å². The molecule has 0 radical (unpaired) electrons. The maximum absolute atomic E-state index is 6.24. The van der Waals surface area contributed by atoms with E-state index in [2.05, 4.69) is 137 Å². The maximum atomic E-state index is 6.24. The Balaban J connectivity index is 1.14. The molecule has 3 heterocycles. The quantitative estimate of drug-likeness (QED) is 0.195. The summed E-state index contributed by atoms with van der Waals surface area (Å²) in [6.45, 7) is 0.757. The second-order valence-electron chi connectivity index (χ2n) is 12.1. The number of hydrogen-bond donors (Lipinski definition) is 3. The van der Waals surface area contributed by atoms with Gasteiger partial charge in [0.25, 0.3) is 0 Å². The van der Waals surface area contributed by atoms with Crippen LogP contribution in [0.1, 0.15) is 34.6 Å². The van der Waals surface area contributed by atoms with E-state index in [4.69, 9.17) is 9.41 Å². The van der Waals surface area contributed by atoms with Gasteiger partial charge in [-0.3, -0.25) is 5.32 Å². The molecule has 0 amide bonds. The van der Waals surface area contributed by atoms with Crippen LogP contribution in [0.4, 0.5) is 5.88 Å². The summed E-state index contributed by atoms with van der Waals surface area (Å²) in [5.74, 6) is 1.65. The summed E-state index contributed by atoms with van der Waals surface area (Å²) in [5, 5.41) is 17.1. The van der Waals surface area contributed by atoms with Crippen molar-refractivity contribution in [1.29, 1.82) is 0 Å². The predicted molar refractivity (Wildman–Crippen MR) is 184 cm³/mol. The summed E-state index contributed by atoms with van der Waals surface area (Å²) >= 11 is 0. The fourth-order valence-electron chi connectivity index (χ4n) is 7.39. The number of nitrogens with zero attached hydrogens (tertiary/aromatic N) is 1. The van der Waals surface area contributed by atoms with Crippen molar-refractivity contribution >= 4 is 50.3 Å². The van der Waals surface area contributed by atoms with Gasteiger partial charge in [0.2, 0.25) is 5.88 Å². The van der Waals surface area contributed by atoms with E-state index in [9.17, 15) is 0 Å². The monoisotopic (exact) mass is 580 g/mol. The molecule has 5 nitrogen and oxygen atoms in total. The second-order valence-corrected chi connectivity index (χ2v) is 12.1. The normalized spacial score (nSPS) is 18.0. The van der Waals surface area contributed by atoms with Gasteiger partial charge in [-0.1, -0.05) is 109 Å². The molecule has 0 spiro atoms. The van der Waals surface area contributed by atoms with Crippen LogP contribution in [0.2, 0.25) is 0 Å². The second kappa shape index (κ2) is 9.42. The zero-order valence-electron chi connectivity index (χ0n) is 24.3. The van der Waals surface area contributed by atoms with E-state index in [-0.39, 0.29) is 12.3 Å². The molecule has 0 saturated heterocycles. The SMILES string of the molecule is C1=Cc2c(oc3cccc(C4=NC(c5ccc6c(c5)-c5cccc7cccc-6c57)NC(c5ccc6ccccc6c5)N4)c23)NC1. The molecule has 2 aliphatic heterocycles. The van der Waals surface area contributed by atoms with Crippen molar-refractivity contribution in [1.82, 2.24) is 10.6 Å². The minimum absolute atomic E-state index is 0.160. The van der Waals surface area contributed by atoms with Gasteiger partial charge in [0.15, 0.2) is 0 Å². The smallest absolute Gasteiger partial charge is 0.201 e. The maximum Gasteiger partial charge on any atom is 0.201 e. The lowest BCUT2D eigenvalue weighted by Gasteiger charge is -2.32. The highest BCUT2D eigenvalue weighted by Gasteiger charge is 2.30. The van der Waals surface area contributed by atoms with Crippen LogP contribution in [0.3, 0.4) is 0 Å². The lowest BCUT2D eigenvalue weighted by molar-refractivity contribution is 0.409. The molecule has 3 aliphatic rings. The molecule has 0 fully saturated rings. The molecule has 0 saturated carbocycles. The first kappa shape index (κ1) is 24.8. The van der Waals surface area contributed by atoms with Gasteiger partial charge in [0, 0.05) is 23.1 Å². The molecule has 5 heteroatoms. The number of aliphatic imine (C=N–C) groups is 1. The minimum atomic E-state index is -0.266. The van der Waals surface area contributed by atoms with E-state index in [0.717, 1.165) is 51.5 Å². The first-order chi connectivity index (χ1) is 22.3. The first-order valence-corrected chi connectivity index (χ1v) is 15.5. The molecule has 0 bridgehead atoms. The largest absolute Gasteiger partial charge is 0.440 e. The minimum Gasteiger partial charge on any atom is -0.440 e. The van der Waals surface area contributed by atoms with Gasteiger partial charge in [0.1, 0.15) is 23.8 Å². The van der Waals surface area contributed by atoms with E-state index in [1.165, 1.54) is 43.8 Å². The number of fused-ring (bicyclic) bond motifs is 7. The number of hydrogen-bond acceptors (Lipinski definition) is 5. The molecular weight excluding hydrogens is 552 g/mol. The van der Waals surface area contributed by atoms with Gasteiger partial charge in [-0.25, -0.2) is 4.99 Å². The third-order valence-electron chi connectivity index (χ3n) is 9.49. The first-order valence-electron chi connectivity index (χ1n) is 15.5. The molecular formula is C40H28N4O. The fourth-order valence-corrected chi connectivity index (χ4v) is 7.39. The number of rotatable bonds is 3. The Morgan fingerprint density at radius 2 is 1.40 bits per heavy atom. The zero-order valence-corrected chi connectivity index (χ0v) is 24.3. The predicted octanol–water partition coefficient (Wildman–Crippen LogP) is 9.16. The van der Waals surface area contributed by atoms with Crippen LogP contribution in [-0.4, -0.2) is 12.4 Å². The summed E-state index contributed by atoms with van der Waals surface area (Å²) < 4.78 is 6.24. The van der Waals surface area contributed by atoms with E-state index >= 15 is 0 Å². The van der Waals surface area contributed by atoms with Crippen LogP contribution < -0.4 is 16.0 Å². The Kier molecular flexibility index (Phi) is 5.18. The molecule has 2 unspecified atom stereocenters. The molecule has 6 aromatic carbocycles. The Morgan fingerprint density at radius 3 is 2.31 bits per heavy atom. The number of nitrogens with one attached hydrogen (secondary N) is 3. The average Bonchev–Trinajstić information content (AvgIpc) is 3.65. The Hall–Kier alpha value is -5.65. The van der Waals surface area contributed by atoms with Crippen molar-refractivity contribution in [3.63, 3.8) is 0 Å². The lowest BCUT2D eigenvalue weighted by Crippen LogP contribution is -2.45. The van der Waals surface area contributed by atoms with E-state index < -0.39 is 0 Å². The van der Waals surface area contributed by atoms with E-state index in [0.29, 0.717) is 0 Å². The van der Waals surface area contributed by atoms with Crippen LogP contribution >= 0.6 is 0 Å². The van der Waals surface area contributed by atoms with E-state index in [1.54, 1.807) is 0 Å². The molecule has 1 aliphatic carbocycles. The van der Waals surface area contributed by atoms with Crippen LogP contribution in [0.15, 0.2) is 131 Å². The third-order valence-corrected chi connectivity index (χ3v) is 9.49. The van der Waals surface area contributed by atoms with Crippen molar-refractivity contribution < 1.29 is 4.42 Å². The van der Waals surface area contributed by atoms with Crippen molar-refractivity contribution in [2.75, 3.05) is 11.9 Å². The molecule has 2 atom stereocenters. The number of furan rings is 1. The lowest BCUT2D eigenvalue weighted by atomic mass is 9.98. The molecule has 45 heavy (non-hydrogen) atoms. The van der Waals surface area contributed by atoms with Crippen molar-refractivity contribution in [3.8, 4) is 22.3 Å². The fraction of sp³-hybridized carbons (Fsp3) is 0.0750. The van der Waals surface area contributed by atoms with Crippen LogP contribution in [0, 0.1) is 0 Å². The highest BCUT2D eigenvalue weighted by Crippen LogP contribution is 2.48. The highest BCUT2D eigenvalue weighted by atomic mass is 16.3. The van der Waals surface area contributed by atoms with Crippen molar-refractivity contribution in [2.24, 2.45) is 4.99 Å². The Labute approximate surface area is 259 Å². The van der Waals surface area contributed by atoms with Gasteiger partial charge in [0.05, 0.1) is 0 Å². The summed E-state index contributed by atoms with van der Waals surface area (Å²) in [7, 11) is 0. The standard InChI is InChI=1S/C40H28N4O/c1-2-8-25-21-26(17-16-23(25)7-1)37-42-38(27-18-19-28-29-11-3-9-24-10-4-12-30(35(24)29)33(28)22-27)44-39(43-37)31-13-5-15-34-36(31)32-14-6-20-41-40(32)45-34/h1-19,21-22,37-38,41-42H,20H2,(H,43,44). The number of anilines is 1. The van der Waals surface area contributed by atoms with Gasteiger partial charge in [-0.2, -0.15) is 0 Å². The molecule has 1 aromatic heterocycles. The van der Waals surface area contributed by atoms with Gasteiger partial charge in [-0.15, -0.1) is 0 Å². The van der Waals surface area contributed by atoms with Crippen molar-refractivity contribution in [3.05, 3.63) is 144 Å². The number of benzene rings is 6. The Bertz CT molecular complexity index is 2410. The molecule has 7 aromatic rings. The van der Waals surface area contributed by atoms with Crippen LogP contribution in [0.5, 0.6) is 0 Å². The highest BCUT2D eigenvalue weighted by molar-refractivity contribution is 6.15. The summed E-state index contributed by atoms with van der Waals surface area (Å²) in [6.07, 6.45) is 3.86. The third kappa shape index (κ3) is 3.74. The molecule has 10 rings (SSSR count). The summed E-state index contributed by atoms with van der Waals surface area (Å²) in [6, 6.07) is 41.5. The average molecular weight is 581 g/mol. The van der Waals surface area contributed by atoms with Gasteiger partial charge >= 0.3 is 0 Å². The molecule has 3 N–H and O–H groups in total.